The quantitative estimate of drug-likeness (QED) is 0.389. The second-order valence-electron chi connectivity index (χ2n) is 13.3. The van der Waals surface area contributed by atoms with Gasteiger partial charge in [-0.2, -0.15) is 0 Å². The molecule has 1 heterocycles. The Morgan fingerprint density at radius 2 is 1.82 bits per heavy atom. The molecule has 0 unspecified atom stereocenters. The van der Waals surface area contributed by atoms with E-state index in [1.807, 2.05) is 0 Å². The number of esters is 1. The van der Waals surface area contributed by atoms with Crippen molar-refractivity contribution >= 4 is 11.8 Å². The van der Waals surface area contributed by atoms with Gasteiger partial charge in [0.2, 0.25) is 0 Å². The van der Waals surface area contributed by atoms with Crippen LogP contribution in [0.25, 0.3) is 0 Å². The highest BCUT2D eigenvalue weighted by molar-refractivity contribution is 5.87. The Hall–Kier alpha value is -1.16. The number of hydrogen-bond acceptors (Lipinski definition) is 4. The molecule has 4 aliphatic carbocycles. The molecule has 184 valence electrons. The zero-order valence-electron chi connectivity index (χ0n) is 21.5. The average Bonchev–Trinajstić information content (AvgIpc) is 3.06. The van der Waals surface area contributed by atoms with Gasteiger partial charge in [0.15, 0.2) is 0 Å². The molecule has 5 rings (SSSR count). The second kappa shape index (κ2) is 8.50. The lowest BCUT2D eigenvalue weighted by molar-refractivity contribution is -0.152. The minimum atomic E-state index is -0.0564. The lowest BCUT2D eigenvalue weighted by atomic mass is 9.48. The van der Waals surface area contributed by atoms with Gasteiger partial charge in [-0.05, 0) is 86.5 Å². The van der Waals surface area contributed by atoms with Crippen LogP contribution in [0, 0.1) is 34.0 Å². The number of hydrogen-bond donors (Lipinski definition) is 0. The fraction of sp³-hybridized carbons (Fsp3) is 0.862. The molecule has 33 heavy (non-hydrogen) atoms. The number of piperidine rings is 1. The maximum Gasteiger partial charge on any atom is 0.307 e. The summed E-state index contributed by atoms with van der Waals surface area (Å²) in [4.78, 5) is 27.7. The summed E-state index contributed by atoms with van der Waals surface area (Å²) in [5.41, 5.74) is 2.08. The second-order valence-corrected chi connectivity index (χ2v) is 13.3. The monoisotopic (exact) mass is 455 g/mol. The molecule has 0 N–H and O–H groups in total. The fourth-order valence-electron chi connectivity index (χ4n) is 8.73. The van der Waals surface area contributed by atoms with Gasteiger partial charge in [-0.1, -0.05) is 39.3 Å². The van der Waals surface area contributed by atoms with Gasteiger partial charge in [0.1, 0.15) is 11.9 Å². The minimum absolute atomic E-state index is 0.0147. The van der Waals surface area contributed by atoms with Crippen molar-refractivity contribution < 1.29 is 14.3 Å². The molecular weight excluding hydrogens is 410 g/mol. The summed E-state index contributed by atoms with van der Waals surface area (Å²) >= 11 is 0. The molecule has 0 radical (unpaired) electrons. The number of fused-ring (bicyclic) bond motifs is 5. The molecule has 1 saturated heterocycles. The molecule has 0 aromatic rings. The van der Waals surface area contributed by atoms with Crippen LogP contribution in [0.3, 0.4) is 0 Å². The van der Waals surface area contributed by atoms with Crippen molar-refractivity contribution in [2.24, 2.45) is 34.0 Å². The van der Waals surface area contributed by atoms with Crippen molar-refractivity contribution in [2.45, 2.75) is 104 Å². The van der Waals surface area contributed by atoms with Gasteiger partial charge in [-0.15, -0.1) is 0 Å². The smallest absolute Gasteiger partial charge is 0.307 e. The van der Waals surface area contributed by atoms with Gasteiger partial charge in [0.05, 0.1) is 6.42 Å². The average molecular weight is 456 g/mol. The topological polar surface area (TPSA) is 46.6 Å². The lowest BCUT2D eigenvalue weighted by Crippen LogP contribution is -2.50. The van der Waals surface area contributed by atoms with Crippen molar-refractivity contribution in [2.75, 3.05) is 19.6 Å². The highest BCUT2D eigenvalue weighted by Crippen LogP contribution is 2.64. The molecule has 0 amide bonds. The Morgan fingerprint density at radius 3 is 2.61 bits per heavy atom. The number of rotatable bonds is 4. The van der Waals surface area contributed by atoms with Crippen LogP contribution < -0.4 is 0 Å². The summed E-state index contributed by atoms with van der Waals surface area (Å²) in [6.45, 7) is 12.4. The number of allylic oxidation sites excluding steroid dienone is 1. The molecule has 5 aliphatic rings. The number of ether oxygens (including phenoxy) is 1. The van der Waals surface area contributed by atoms with Crippen molar-refractivity contribution in [3.8, 4) is 0 Å². The van der Waals surface area contributed by atoms with Crippen LogP contribution in [-0.4, -0.2) is 42.4 Å². The van der Waals surface area contributed by atoms with E-state index in [2.05, 4.69) is 38.7 Å². The predicted molar refractivity (Wildman–Crippen MR) is 131 cm³/mol. The Morgan fingerprint density at radius 1 is 1.06 bits per heavy atom. The van der Waals surface area contributed by atoms with E-state index in [4.69, 9.17) is 4.74 Å². The molecule has 0 aromatic heterocycles. The van der Waals surface area contributed by atoms with E-state index >= 15 is 0 Å². The zero-order valence-corrected chi connectivity index (χ0v) is 21.5. The van der Waals surface area contributed by atoms with E-state index in [0.29, 0.717) is 35.4 Å². The Kier molecular flexibility index (Phi) is 6.07. The number of ketones is 1. The summed E-state index contributed by atoms with van der Waals surface area (Å²) in [5.74, 6) is 2.44. The molecule has 0 spiro atoms. The van der Waals surface area contributed by atoms with Crippen LogP contribution >= 0.6 is 0 Å². The highest BCUT2D eigenvalue weighted by atomic mass is 16.5. The number of carbonyl (C=O) groups excluding carboxylic acids is 2. The molecule has 6 atom stereocenters. The third-order valence-electron chi connectivity index (χ3n) is 10.7. The standard InChI is InChI=1S/C29H45NO3/c1-27(2)13-5-16-30(19-27)17-12-26(32)33-21-10-14-28(3)20(18-21)6-7-22-23-8-9-25(31)29(23,4)15-11-24(22)28/h6,21-24H,5,7-19H2,1-4H3/t21-,22+,23+,24+,28-,29+/m0/s1. The van der Waals surface area contributed by atoms with Crippen LogP contribution in [0.1, 0.15) is 98.3 Å². The molecule has 0 aromatic carbocycles. The van der Waals surface area contributed by atoms with Crippen LogP contribution in [0.5, 0.6) is 0 Å². The maximum absolute atomic E-state index is 12.7. The predicted octanol–water partition coefficient (Wildman–Crippen LogP) is 5.94. The largest absolute Gasteiger partial charge is 0.462 e. The Labute approximate surface area is 200 Å². The molecule has 4 heteroatoms. The van der Waals surface area contributed by atoms with E-state index in [9.17, 15) is 9.59 Å². The van der Waals surface area contributed by atoms with Gasteiger partial charge >= 0.3 is 5.97 Å². The number of likely N-dealkylation sites (tertiary alicyclic amines) is 1. The number of nitrogens with zero attached hydrogens (tertiary/aromatic N) is 1. The van der Waals surface area contributed by atoms with E-state index in [0.717, 1.165) is 64.6 Å². The number of Topliss-reactive ketones (excluding diaryl/α,β-unsaturated/α-hetero) is 1. The summed E-state index contributed by atoms with van der Waals surface area (Å²) in [5, 5.41) is 0. The maximum atomic E-state index is 12.7. The third-order valence-corrected chi connectivity index (χ3v) is 10.7. The van der Waals surface area contributed by atoms with Gasteiger partial charge in [0, 0.05) is 31.3 Å². The highest BCUT2D eigenvalue weighted by Gasteiger charge is 2.58. The van der Waals surface area contributed by atoms with E-state index in [1.54, 1.807) is 5.57 Å². The summed E-state index contributed by atoms with van der Waals surface area (Å²) in [6, 6.07) is 0. The minimum Gasteiger partial charge on any atom is -0.462 e. The summed E-state index contributed by atoms with van der Waals surface area (Å²) in [7, 11) is 0. The van der Waals surface area contributed by atoms with Crippen molar-refractivity contribution in [1.29, 1.82) is 0 Å². The van der Waals surface area contributed by atoms with Crippen molar-refractivity contribution in [3.05, 3.63) is 11.6 Å². The first-order valence-corrected chi connectivity index (χ1v) is 13.8. The van der Waals surface area contributed by atoms with Crippen LogP contribution in [0.4, 0.5) is 0 Å². The third kappa shape index (κ3) is 4.23. The first-order valence-electron chi connectivity index (χ1n) is 13.8. The molecular formula is C29H45NO3. The van der Waals surface area contributed by atoms with Gasteiger partial charge in [0.25, 0.3) is 0 Å². The zero-order chi connectivity index (χ0) is 23.4. The fourth-order valence-corrected chi connectivity index (χ4v) is 8.73. The molecule has 4 nitrogen and oxygen atoms in total. The molecule has 1 aliphatic heterocycles. The van der Waals surface area contributed by atoms with Crippen molar-refractivity contribution in [1.82, 2.24) is 4.90 Å². The molecule has 3 saturated carbocycles. The van der Waals surface area contributed by atoms with E-state index < -0.39 is 0 Å². The number of carbonyl (C=O) groups is 2. The first kappa shape index (κ1) is 23.6. The van der Waals surface area contributed by atoms with Crippen molar-refractivity contribution in [3.63, 3.8) is 0 Å². The Bertz CT molecular complexity index is 831. The molecule has 4 fully saturated rings. The van der Waals surface area contributed by atoms with Crippen LogP contribution in [0.2, 0.25) is 0 Å². The molecule has 0 bridgehead atoms. The van der Waals surface area contributed by atoms with E-state index in [-0.39, 0.29) is 22.9 Å². The van der Waals surface area contributed by atoms with E-state index in [1.165, 1.54) is 19.3 Å². The SMILES string of the molecule is CC1(C)CCCN(CCC(=O)O[C@H]2CC[C@@]3(C)C(=CC[C@@H]4[C@H]5CCC(=O)[C@]5(C)CC[C@H]43)C2)C1. The first-order chi connectivity index (χ1) is 15.6. The van der Waals surface area contributed by atoms with Gasteiger partial charge < -0.3 is 9.64 Å². The van der Waals surface area contributed by atoms with Crippen LogP contribution in [0.15, 0.2) is 11.6 Å². The van der Waals surface area contributed by atoms with Gasteiger partial charge in [-0.3, -0.25) is 9.59 Å². The normalized spacial score (nSPS) is 42.7. The summed E-state index contributed by atoms with van der Waals surface area (Å²) in [6.07, 6.45) is 13.9. The van der Waals surface area contributed by atoms with Crippen LogP contribution in [-0.2, 0) is 14.3 Å². The summed E-state index contributed by atoms with van der Waals surface area (Å²) < 4.78 is 6.01. The Balaban J connectivity index is 1.18. The van der Waals surface area contributed by atoms with Gasteiger partial charge in [-0.25, -0.2) is 0 Å². The lowest BCUT2D eigenvalue weighted by Gasteiger charge is -2.56.